The third kappa shape index (κ3) is 4.31. The highest BCUT2D eigenvalue weighted by molar-refractivity contribution is 5.73. The molecule has 10 heteroatoms. The summed E-state index contributed by atoms with van der Waals surface area (Å²) in [5, 5.41) is 16.8. The number of nitriles is 1. The van der Waals surface area contributed by atoms with Crippen LogP contribution in [0.25, 0.3) is 23.1 Å². The molecule has 0 aliphatic heterocycles. The number of nitrogens with two attached hydrogens (primary N) is 1. The van der Waals surface area contributed by atoms with Gasteiger partial charge in [-0.25, -0.2) is 9.67 Å². The van der Waals surface area contributed by atoms with Crippen LogP contribution in [0.2, 0.25) is 0 Å². The molecule has 0 aliphatic rings. The summed E-state index contributed by atoms with van der Waals surface area (Å²) in [6.07, 6.45) is 1.37. The van der Waals surface area contributed by atoms with Crippen molar-refractivity contribution in [2.75, 3.05) is 0 Å². The molecule has 2 aromatic carbocycles. The van der Waals surface area contributed by atoms with E-state index >= 15 is 0 Å². The van der Waals surface area contributed by atoms with Crippen molar-refractivity contribution < 1.29 is 14.1 Å². The van der Waals surface area contributed by atoms with E-state index in [0.717, 1.165) is 5.56 Å². The molecule has 0 unspecified atom stereocenters. The van der Waals surface area contributed by atoms with Gasteiger partial charge in [0.2, 0.25) is 17.6 Å². The number of benzene rings is 2. The first-order chi connectivity index (χ1) is 14.6. The van der Waals surface area contributed by atoms with Crippen molar-refractivity contribution in [3.63, 3.8) is 0 Å². The summed E-state index contributed by atoms with van der Waals surface area (Å²) in [5.41, 5.74) is 7.33. The molecular formula is C20H15N7O3. The Bertz CT molecular complexity index is 1220. The molecule has 0 radical (unpaired) electrons. The third-order valence-corrected chi connectivity index (χ3v) is 4.04. The van der Waals surface area contributed by atoms with Crippen molar-refractivity contribution in [3.05, 3.63) is 66.0 Å². The van der Waals surface area contributed by atoms with Gasteiger partial charge in [0.05, 0.1) is 11.6 Å². The minimum absolute atomic E-state index is 0.0843. The van der Waals surface area contributed by atoms with Gasteiger partial charge in [0.1, 0.15) is 25.2 Å². The Hall–Kier alpha value is -4.52. The Morgan fingerprint density at radius 3 is 2.80 bits per heavy atom. The van der Waals surface area contributed by atoms with E-state index in [9.17, 15) is 4.79 Å². The second kappa shape index (κ2) is 8.24. The average molecular weight is 401 g/mol. The highest BCUT2D eigenvalue weighted by Crippen LogP contribution is 2.22. The van der Waals surface area contributed by atoms with E-state index in [1.165, 1.54) is 11.0 Å². The van der Waals surface area contributed by atoms with Crippen molar-refractivity contribution >= 4 is 5.91 Å². The largest absolute Gasteiger partial charge is 0.489 e. The molecule has 0 fully saturated rings. The van der Waals surface area contributed by atoms with Crippen LogP contribution in [-0.4, -0.2) is 30.8 Å². The van der Waals surface area contributed by atoms with Gasteiger partial charge < -0.3 is 15.0 Å². The van der Waals surface area contributed by atoms with Crippen molar-refractivity contribution in [2.45, 2.75) is 13.2 Å². The van der Waals surface area contributed by atoms with E-state index < -0.39 is 5.91 Å². The highest BCUT2D eigenvalue weighted by Gasteiger charge is 2.15. The Kier molecular flexibility index (Phi) is 5.17. The van der Waals surface area contributed by atoms with Gasteiger partial charge >= 0.3 is 0 Å². The quantitative estimate of drug-likeness (QED) is 0.494. The van der Waals surface area contributed by atoms with Gasteiger partial charge in [-0.1, -0.05) is 17.3 Å². The predicted molar refractivity (Wildman–Crippen MR) is 103 cm³/mol. The summed E-state index contributed by atoms with van der Waals surface area (Å²) in [6, 6.07) is 16.4. The molecular weight excluding hydrogens is 386 g/mol. The molecule has 0 saturated carbocycles. The lowest BCUT2D eigenvalue weighted by Gasteiger charge is -2.07. The Morgan fingerprint density at radius 2 is 2.03 bits per heavy atom. The van der Waals surface area contributed by atoms with Crippen LogP contribution >= 0.6 is 0 Å². The van der Waals surface area contributed by atoms with Crippen LogP contribution in [0.5, 0.6) is 5.75 Å². The summed E-state index contributed by atoms with van der Waals surface area (Å²) < 4.78 is 12.4. The number of carbonyl (C=O) groups excluding carboxylic acids is 1. The number of hydrogen-bond donors (Lipinski definition) is 1. The maximum atomic E-state index is 11.0. The van der Waals surface area contributed by atoms with Crippen LogP contribution < -0.4 is 10.5 Å². The molecule has 10 nitrogen and oxygen atoms in total. The van der Waals surface area contributed by atoms with Gasteiger partial charge in [0.15, 0.2) is 0 Å². The smallest absolute Gasteiger partial charge is 0.258 e. The summed E-state index contributed by atoms with van der Waals surface area (Å²) >= 11 is 0. The topological polar surface area (TPSA) is 146 Å². The minimum Gasteiger partial charge on any atom is -0.489 e. The van der Waals surface area contributed by atoms with E-state index in [1.807, 2.05) is 24.3 Å². The Balaban J connectivity index is 1.46. The van der Waals surface area contributed by atoms with Crippen molar-refractivity contribution in [3.8, 4) is 34.9 Å². The van der Waals surface area contributed by atoms with Crippen molar-refractivity contribution in [2.24, 2.45) is 5.73 Å². The lowest BCUT2D eigenvalue weighted by Crippen LogP contribution is -2.18. The monoisotopic (exact) mass is 401 g/mol. The molecule has 2 heterocycles. The molecule has 30 heavy (non-hydrogen) atoms. The summed E-state index contributed by atoms with van der Waals surface area (Å²) in [4.78, 5) is 19.3. The molecule has 0 saturated heterocycles. The zero-order valence-corrected chi connectivity index (χ0v) is 15.6. The van der Waals surface area contributed by atoms with Crippen LogP contribution in [0.15, 0.2) is 59.4 Å². The van der Waals surface area contributed by atoms with Gasteiger partial charge in [-0.3, -0.25) is 4.79 Å². The number of hydrogen-bond acceptors (Lipinski definition) is 8. The molecule has 0 atom stereocenters. The maximum Gasteiger partial charge on any atom is 0.258 e. The number of rotatable bonds is 7. The summed E-state index contributed by atoms with van der Waals surface area (Å²) in [5.74, 6) is 0.868. The highest BCUT2D eigenvalue weighted by atomic mass is 16.5. The van der Waals surface area contributed by atoms with Crippen LogP contribution in [0.4, 0.5) is 0 Å². The van der Waals surface area contributed by atoms with Gasteiger partial charge in [-0.15, -0.1) is 5.10 Å². The number of primary amides is 1. The number of carbonyl (C=O) groups is 1. The summed E-state index contributed by atoms with van der Waals surface area (Å²) in [7, 11) is 0. The molecule has 0 bridgehead atoms. The van der Waals surface area contributed by atoms with Crippen molar-refractivity contribution in [1.82, 2.24) is 24.9 Å². The van der Waals surface area contributed by atoms with Gasteiger partial charge in [0, 0.05) is 5.56 Å². The van der Waals surface area contributed by atoms with Crippen molar-refractivity contribution in [1.29, 1.82) is 5.26 Å². The van der Waals surface area contributed by atoms with Crippen LogP contribution in [0.1, 0.15) is 11.1 Å². The van der Waals surface area contributed by atoms with E-state index in [4.69, 9.17) is 20.3 Å². The maximum absolute atomic E-state index is 11.0. The number of aromatic nitrogens is 5. The van der Waals surface area contributed by atoms with Crippen LogP contribution in [0.3, 0.4) is 0 Å². The molecule has 148 valence electrons. The fourth-order valence-corrected chi connectivity index (χ4v) is 2.65. The third-order valence-electron chi connectivity index (χ3n) is 4.04. The van der Waals surface area contributed by atoms with E-state index in [1.54, 1.807) is 24.3 Å². The number of amides is 1. The average Bonchev–Trinajstić information content (AvgIpc) is 3.42. The first-order valence-corrected chi connectivity index (χ1v) is 8.85. The fourth-order valence-electron chi connectivity index (χ4n) is 2.65. The minimum atomic E-state index is -0.528. The normalized spacial score (nSPS) is 10.5. The van der Waals surface area contributed by atoms with E-state index in [-0.39, 0.29) is 18.2 Å². The molecule has 1 amide bonds. The lowest BCUT2D eigenvalue weighted by molar-refractivity contribution is -0.118. The number of nitrogens with zero attached hydrogens (tertiary/aromatic N) is 6. The fraction of sp³-hybridized carbons (Fsp3) is 0.100. The molecule has 4 aromatic rings. The van der Waals surface area contributed by atoms with E-state index in [0.29, 0.717) is 29.4 Å². The Labute approximate surface area is 170 Å². The lowest BCUT2D eigenvalue weighted by atomic mass is 10.1. The van der Waals surface area contributed by atoms with Crippen LogP contribution in [0, 0.1) is 11.3 Å². The van der Waals surface area contributed by atoms with Gasteiger partial charge in [-0.05, 0) is 42.0 Å². The zero-order valence-electron chi connectivity index (χ0n) is 15.6. The van der Waals surface area contributed by atoms with Crippen LogP contribution in [-0.2, 0) is 17.9 Å². The second-order valence-electron chi connectivity index (χ2n) is 6.28. The molecule has 2 N–H and O–H groups in total. The second-order valence-corrected chi connectivity index (χ2v) is 6.28. The van der Waals surface area contributed by atoms with Gasteiger partial charge in [-0.2, -0.15) is 10.2 Å². The molecule has 0 spiro atoms. The molecule has 4 rings (SSSR count). The van der Waals surface area contributed by atoms with E-state index in [2.05, 4.69) is 26.3 Å². The Morgan fingerprint density at radius 1 is 1.20 bits per heavy atom. The first kappa shape index (κ1) is 18.8. The summed E-state index contributed by atoms with van der Waals surface area (Å²) in [6.45, 7) is 0.249. The predicted octanol–water partition coefficient (Wildman–Crippen LogP) is 1.93. The zero-order chi connectivity index (χ0) is 20.9. The molecule has 2 aromatic heterocycles. The standard InChI is InChI=1S/C20H15N7O3/c21-9-13-4-6-16(7-5-13)29-11-14-2-1-3-15(8-14)20-24-19(26-30-20)18-23-12-27(25-18)10-17(22)28/h1-8,12H,10-11H2,(H2,22,28). The SMILES string of the molecule is N#Cc1ccc(OCc2cccc(-c3nc(-c4ncn(CC(N)=O)n4)no3)c2)cc1. The number of ether oxygens (including phenoxy) is 1. The molecule has 0 aliphatic carbocycles. The first-order valence-electron chi connectivity index (χ1n) is 8.85. The van der Waals surface area contributed by atoms with Gasteiger partial charge in [0.25, 0.3) is 5.89 Å².